The van der Waals surface area contributed by atoms with Gasteiger partial charge in [0, 0.05) is 48.0 Å². The smallest absolute Gasteiger partial charge is 0.311 e. The minimum Gasteiger partial charge on any atom is -0.495 e. The molecule has 0 aliphatic rings. The number of methoxy groups -OCH3 is 2. The van der Waals surface area contributed by atoms with Gasteiger partial charge in [0.2, 0.25) is 11.9 Å². The summed E-state index contributed by atoms with van der Waals surface area (Å²) in [7, 11) is 3.27. The van der Waals surface area contributed by atoms with Crippen LogP contribution in [0.25, 0.3) is 27.1 Å². The fourth-order valence-corrected chi connectivity index (χ4v) is 8.39. The molecular formula is C59H62Cl2N11O4+. The van der Waals surface area contributed by atoms with E-state index in [0.717, 1.165) is 101 Å². The lowest BCUT2D eigenvalue weighted by Crippen LogP contribution is -2.30. The molecule has 0 aliphatic heterocycles. The second-order valence-corrected chi connectivity index (χ2v) is 18.0. The number of benzene rings is 6. The molecule has 0 bridgehead atoms. The molecule has 0 saturated carbocycles. The number of aromatic nitrogens is 4. The summed E-state index contributed by atoms with van der Waals surface area (Å²) in [6.45, 7) is 13.3. The minimum atomic E-state index is 0.395. The summed E-state index contributed by atoms with van der Waals surface area (Å²) in [5.41, 5.74) is 7.22. The zero-order valence-electron chi connectivity index (χ0n) is 43.3. The average Bonchev–Trinajstić information content (AvgIpc) is 3.45. The summed E-state index contributed by atoms with van der Waals surface area (Å²) in [5, 5.41) is 14.5. The number of hydrogen-bond acceptors (Lipinski definition) is 14. The molecule has 0 unspecified atom stereocenters. The molecule has 76 heavy (non-hydrogen) atoms. The van der Waals surface area contributed by atoms with Crippen molar-refractivity contribution in [3.63, 3.8) is 0 Å². The van der Waals surface area contributed by atoms with E-state index in [1.54, 1.807) is 32.5 Å². The maximum Gasteiger partial charge on any atom is 0.311 e. The molecule has 0 radical (unpaired) electrons. The zero-order valence-corrected chi connectivity index (χ0v) is 44.8. The van der Waals surface area contributed by atoms with Crippen LogP contribution >= 0.6 is 23.2 Å². The van der Waals surface area contributed by atoms with Gasteiger partial charge in [0.05, 0.1) is 42.2 Å². The second kappa shape index (κ2) is 27.4. The molecule has 8 aromatic rings. The molecule has 0 spiro atoms. The van der Waals surface area contributed by atoms with E-state index >= 15 is 0 Å². The van der Waals surface area contributed by atoms with Crippen LogP contribution in [0.2, 0.25) is 10.0 Å². The molecule has 2 aromatic heterocycles. The number of anilines is 8. The lowest BCUT2D eigenvalue weighted by atomic mass is 10.1. The maximum absolute atomic E-state index is 6.40. The molecule has 0 saturated heterocycles. The van der Waals surface area contributed by atoms with Gasteiger partial charge in [-0.25, -0.2) is 9.97 Å². The first-order valence-corrected chi connectivity index (χ1v) is 25.9. The minimum absolute atomic E-state index is 0.395. The number of nitrogens with one attached hydrogen (secondary N) is 4. The SMILES string of the molecule is CCN(CC)CCOc1ccc(Nc2ncc(-c3cccc(C#[N+]CCN(CC)CCOc4ccc(Nc5ncc(-c6ccc(Cl)c(Cl)c6)c(Nc6ccccc6OC)n5)cc4)c3)c(Nc3ccccc3OC)n2)cc1. The van der Waals surface area contributed by atoms with Crippen molar-refractivity contribution in [3.05, 3.63) is 172 Å². The number of rotatable bonds is 25. The standard InChI is InChI=1S/C59H62Cl2N11O4/c1-6-71(7-2)32-34-75-46-25-21-44(22-26-46)65-58-63-39-48(56(69-58)67-52-16-9-11-18-54(52)73-4)42-15-13-14-41(36-42)38-62-30-31-72(8-3)33-35-76-47-27-23-45(24-28-47)66-59-64-40-49(43-20-29-50(60)51(61)37-43)57(70-59)68-53-17-10-12-19-55(53)74-5/h9-29,36-37,39-40H,6-8,30-35H2,1-5H3,(H2,63,65,67,69)(H2,64,66,68,70)/q+1. The lowest BCUT2D eigenvalue weighted by Gasteiger charge is -2.18. The van der Waals surface area contributed by atoms with Crippen LogP contribution in [0, 0.1) is 6.07 Å². The number of ether oxygens (including phenoxy) is 4. The van der Waals surface area contributed by atoms with Crippen LogP contribution in [0.3, 0.4) is 0 Å². The van der Waals surface area contributed by atoms with E-state index in [9.17, 15) is 0 Å². The Bertz CT molecular complexity index is 3220. The van der Waals surface area contributed by atoms with E-state index in [2.05, 4.69) is 62.9 Å². The number of likely N-dealkylation sites (N-methyl/N-ethyl adjacent to an activating group) is 2. The molecule has 17 heteroatoms. The normalized spacial score (nSPS) is 10.9. The molecule has 0 fully saturated rings. The van der Waals surface area contributed by atoms with E-state index in [4.69, 9.17) is 61.9 Å². The largest absolute Gasteiger partial charge is 0.495 e. The lowest BCUT2D eigenvalue weighted by molar-refractivity contribution is 0.222. The predicted molar refractivity (Wildman–Crippen MR) is 309 cm³/mol. The highest BCUT2D eigenvalue weighted by atomic mass is 35.5. The van der Waals surface area contributed by atoms with Crippen LogP contribution < -0.4 is 40.2 Å². The van der Waals surface area contributed by atoms with Gasteiger partial charge in [0.1, 0.15) is 53.4 Å². The van der Waals surface area contributed by atoms with Crippen molar-refractivity contribution in [2.75, 3.05) is 94.5 Å². The van der Waals surface area contributed by atoms with Gasteiger partial charge in [0.25, 0.3) is 6.54 Å². The third-order valence-corrected chi connectivity index (χ3v) is 13.1. The van der Waals surface area contributed by atoms with E-state index in [1.165, 1.54) is 0 Å². The Hall–Kier alpha value is -8.13. The van der Waals surface area contributed by atoms with Gasteiger partial charge >= 0.3 is 6.07 Å². The molecule has 15 nitrogen and oxygen atoms in total. The summed E-state index contributed by atoms with van der Waals surface area (Å²) in [6.07, 6.45) is 3.56. The molecule has 0 aliphatic carbocycles. The predicted octanol–water partition coefficient (Wildman–Crippen LogP) is 13.7. The van der Waals surface area contributed by atoms with Gasteiger partial charge in [-0.3, -0.25) is 4.90 Å². The van der Waals surface area contributed by atoms with Crippen molar-refractivity contribution in [1.29, 1.82) is 0 Å². The highest BCUT2D eigenvalue weighted by Gasteiger charge is 2.17. The van der Waals surface area contributed by atoms with Crippen LogP contribution in [0.4, 0.5) is 46.3 Å². The van der Waals surface area contributed by atoms with Gasteiger partial charge in [-0.15, -0.1) is 0 Å². The Labute approximate surface area is 455 Å². The molecule has 390 valence electrons. The van der Waals surface area contributed by atoms with Crippen molar-refractivity contribution < 1.29 is 18.9 Å². The Morgan fingerprint density at radius 3 is 1.55 bits per heavy atom. The van der Waals surface area contributed by atoms with Crippen molar-refractivity contribution in [2.24, 2.45) is 0 Å². The fourth-order valence-electron chi connectivity index (χ4n) is 8.09. The summed E-state index contributed by atoms with van der Waals surface area (Å²) in [5.74, 6) is 4.90. The van der Waals surface area contributed by atoms with Crippen molar-refractivity contribution in [3.8, 4) is 51.3 Å². The summed E-state index contributed by atoms with van der Waals surface area (Å²) < 4.78 is 23.4. The summed E-state index contributed by atoms with van der Waals surface area (Å²) in [4.78, 5) is 28.5. The summed E-state index contributed by atoms with van der Waals surface area (Å²) in [6, 6.07) is 47.6. The van der Waals surface area contributed by atoms with Crippen LogP contribution in [0.5, 0.6) is 23.0 Å². The first kappa shape index (κ1) is 54.1. The molecule has 2 heterocycles. The quantitative estimate of drug-likeness (QED) is 0.0430. The first-order valence-electron chi connectivity index (χ1n) is 25.2. The number of nitrogens with zero attached hydrogens (tertiary/aromatic N) is 7. The van der Waals surface area contributed by atoms with Crippen molar-refractivity contribution in [1.82, 2.24) is 29.7 Å². The topological polar surface area (TPSA) is 147 Å². The molecule has 0 amide bonds. The molecule has 0 atom stereocenters. The second-order valence-electron chi connectivity index (χ2n) is 17.2. The van der Waals surface area contributed by atoms with Gasteiger partial charge in [-0.2, -0.15) is 9.97 Å². The monoisotopic (exact) mass is 1060 g/mol. The van der Waals surface area contributed by atoms with Crippen LogP contribution in [0.1, 0.15) is 26.3 Å². The Morgan fingerprint density at radius 2 is 1.04 bits per heavy atom. The van der Waals surface area contributed by atoms with Gasteiger partial charge in [-0.1, -0.05) is 91.3 Å². The Morgan fingerprint density at radius 1 is 0.526 bits per heavy atom. The molecule has 8 rings (SSSR count). The number of para-hydroxylation sites is 4. The zero-order chi connectivity index (χ0) is 53.1. The van der Waals surface area contributed by atoms with Crippen LogP contribution in [-0.4, -0.2) is 103 Å². The van der Waals surface area contributed by atoms with Gasteiger partial charge in [-0.05, 0) is 128 Å². The van der Waals surface area contributed by atoms with Crippen molar-refractivity contribution >= 4 is 69.5 Å². The molecular weight excluding hydrogens is 998 g/mol. The van der Waals surface area contributed by atoms with E-state index in [0.29, 0.717) is 64.8 Å². The van der Waals surface area contributed by atoms with Crippen molar-refractivity contribution in [2.45, 2.75) is 20.8 Å². The van der Waals surface area contributed by atoms with Gasteiger partial charge in [0.15, 0.2) is 0 Å². The summed E-state index contributed by atoms with van der Waals surface area (Å²) >= 11 is 12.6. The maximum atomic E-state index is 6.40. The Balaban J connectivity index is 0.861. The first-order chi connectivity index (χ1) is 37.2. The van der Waals surface area contributed by atoms with E-state index in [-0.39, 0.29) is 0 Å². The van der Waals surface area contributed by atoms with Crippen LogP contribution in [-0.2, 0) is 0 Å². The van der Waals surface area contributed by atoms with Gasteiger partial charge < -0.3 is 45.1 Å². The fraction of sp³-hybridized carbons (Fsp3) is 0.237. The highest BCUT2D eigenvalue weighted by Crippen LogP contribution is 2.37. The number of hydrogen-bond donors (Lipinski definition) is 4. The molecule has 4 N–H and O–H groups in total. The number of halogens is 2. The van der Waals surface area contributed by atoms with Crippen LogP contribution in [0.15, 0.2) is 152 Å². The van der Waals surface area contributed by atoms with E-state index < -0.39 is 0 Å². The average molecular weight is 1060 g/mol. The third-order valence-electron chi connectivity index (χ3n) is 12.4. The van der Waals surface area contributed by atoms with E-state index in [1.807, 2.05) is 134 Å². The highest BCUT2D eigenvalue weighted by molar-refractivity contribution is 6.42. The molecule has 6 aromatic carbocycles. The Kier molecular flexibility index (Phi) is 19.5. The third kappa shape index (κ3) is 15.0.